The molecule has 8 heteroatoms. The summed E-state index contributed by atoms with van der Waals surface area (Å²) in [4.78, 5) is 29.6. The van der Waals surface area contributed by atoms with Crippen LogP contribution in [0.1, 0.15) is 74.8 Å². The number of anilines is 1. The van der Waals surface area contributed by atoms with Gasteiger partial charge >= 0.3 is 0 Å². The second-order valence-corrected chi connectivity index (χ2v) is 11.5. The number of hydrogen-bond donors (Lipinski definition) is 1. The highest BCUT2D eigenvalue weighted by Crippen LogP contribution is 2.43. The summed E-state index contributed by atoms with van der Waals surface area (Å²) in [5, 5.41) is 11.0. The number of rotatable bonds is 4. The molecule has 35 heavy (non-hydrogen) atoms. The van der Waals surface area contributed by atoms with Gasteiger partial charge in [-0.25, -0.2) is 9.97 Å². The zero-order chi connectivity index (χ0) is 24.9. The molecule has 2 fully saturated rings. The average molecular weight is 498 g/mol. The predicted octanol–water partition coefficient (Wildman–Crippen LogP) is 3.98. The fourth-order valence-corrected chi connectivity index (χ4v) is 6.33. The fourth-order valence-electron chi connectivity index (χ4n) is 6.20. The van der Waals surface area contributed by atoms with Gasteiger partial charge in [0.25, 0.3) is 0 Å². The Labute approximate surface area is 213 Å². The number of aromatic nitrogens is 2. The Hall–Kier alpha value is -2.22. The summed E-state index contributed by atoms with van der Waals surface area (Å²) in [5.41, 5.74) is 2.93. The van der Waals surface area contributed by atoms with Crippen LogP contribution < -0.4 is 4.90 Å². The summed E-state index contributed by atoms with van der Waals surface area (Å²) in [5.74, 6) is 1.12. The lowest BCUT2D eigenvalue weighted by atomic mass is 9.88. The molecule has 7 nitrogen and oxygen atoms in total. The Morgan fingerprint density at radius 2 is 1.83 bits per heavy atom. The minimum absolute atomic E-state index is 0.0724. The first-order valence-electron chi connectivity index (χ1n) is 12.7. The van der Waals surface area contributed by atoms with E-state index in [1.54, 1.807) is 6.33 Å². The largest absolute Gasteiger partial charge is 0.387 e. The number of halogens is 1. The highest BCUT2D eigenvalue weighted by atomic mass is 35.5. The molecular weight excluding hydrogens is 462 g/mol. The quantitative estimate of drug-likeness (QED) is 0.689. The number of carbonyl (C=O) groups excluding carboxylic acids is 1. The highest BCUT2D eigenvalue weighted by molar-refractivity contribution is 6.30. The summed E-state index contributed by atoms with van der Waals surface area (Å²) in [6.07, 6.45) is 3.80. The van der Waals surface area contributed by atoms with Gasteiger partial charge in [-0.2, -0.15) is 0 Å². The first-order chi connectivity index (χ1) is 16.7. The van der Waals surface area contributed by atoms with E-state index in [2.05, 4.69) is 47.6 Å². The monoisotopic (exact) mass is 497 g/mol. The lowest BCUT2D eigenvalue weighted by molar-refractivity contribution is -0.134. The molecule has 2 aromatic rings. The van der Waals surface area contributed by atoms with Crippen LogP contribution in [0.5, 0.6) is 0 Å². The molecule has 3 aliphatic rings. The van der Waals surface area contributed by atoms with E-state index in [9.17, 15) is 9.90 Å². The molecular formula is C27H36ClN5O2. The number of nitrogens with zero attached hydrogens (tertiary/aromatic N) is 5. The summed E-state index contributed by atoms with van der Waals surface area (Å²) in [6, 6.07) is 7.96. The smallest absolute Gasteiger partial charge is 0.231 e. The van der Waals surface area contributed by atoms with Gasteiger partial charge in [0.1, 0.15) is 12.1 Å². The molecule has 1 aromatic heterocycles. The molecule has 2 saturated heterocycles. The van der Waals surface area contributed by atoms with Crippen LogP contribution >= 0.6 is 11.6 Å². The van der Waals surface area contributed by atoms with Gasteiger partial charge in [-0.3, -0.25) is 9.69 Å². The van der Waals surface area contributed by atoms with Crippen LogP contribution in [0.3, 0.4) is 0 Å². The zero-order valence-electron chi connectivity index (χ0n) is 21.1. The maximum atomic E-state index is 14.0. The first kappa shape index (κ1) is 24.5. The summed E-state index contributed by atoms with van der Waals surface area (Å²) < 4.78 is 0. The molecule has 1 amide bonds. The number of aliphatic hydroxyl groups is 1. The number of carbonyl (C=O) groups is 1. The molecule has 0 bridgehead atoms. The Morgan fingerprint density at radius 3 is 2.46 bits per heavy atom. The number of likely N-dealkylation sites (tertiary alicyclic amines) is 1. The highest BCUT2D eigenvalue weighted by Gasteiger charge is 2.45. The molecule has 3 heterocycles. The Balaban J connectivity index is 1.36. The van der Waals surface area contributed by atoms with E-state index in [1.807, 2.05) is 29.2 Å². The van der Waals surface area contributed by atoms with Crippen LogP contribution in [0.4, 0.5) is 5.82 Å². The van der Waals surface area contributed by atoms with Crippen molar-refractivity contribution < 1.29 is 9.90 Å². The van der Waals surface area contributed by atoms with Gasteiger partial charge in [-0.15, -0.1) is 0 Å². The van der Waals surface area contributed by atoms with Crippen molar-refractivity contribution >= 4 is 23.3 Å². The third kappa shape index (κ3) is 4.43. The van der Waals surface area contributed by atoms with Gasteiger partial charge in [0.15, 0.2) is 0 Å². The number of fused-ring (bicyclic) bond motifs is 1. The van der Waals surface area contributed by atoms with Crippen molar-refractivity contribution in [1.82, 2.24) is 19.8 Å². The van der Waals surface area contributed by atoms with Gasteiger partial charge in [-0.1, -0.05) is 30.7 Å². The van der Waals surface area contributed by atoms with Gasteiger partial charge < -0.3 is 14.9 Å². The normalized spacial score (nSPS) is 27.2. The molecule has 1 aliphatic carbocycles. The third-order valence-corrected chi connectivity index (χ3v) is 8.81. The van der Waals surface area contributed by atoms with Crippen molar-refractivity contribution in [2.45, 2.75) is 69.6 Å². The van der Waals surface area contributed by atoms with Crippen molar-refractivity contribution in [3.8, 4) is 0 Å². The minimum Gasteiger partial charge on any atom is -0.387 e. The van der Waals surface area contributed by atoms with Gasteiger partial charge in [0.05, 0.1) is 17.7 Å². The second kappa shape index (κ2) is 9.34. The number of benzene rings is 1. The predicted molar refractivity (Wildman–Crippen MR) is 138 cm³/mol. The summed E-state index contributed by atoms with van der Waals surface area (Å²) in [6.45, 7) is 9.38. The lowest BCUT2D eigenvalue weighted by Crippen LogP contribution is -2.53. The number of aliphatic hydroxyl groups excluding tert-OH is 1. The standard InChI is InChI=1S/C27H36ClN5O2/c1-17-15-21(34)24-22(17)25(30-16-29-24)32-11-13-33(14-12-32)26(35)23(18-5-7-19(28)8-6-18)20-9-10-27(2,3)31(20)4/h5-8,16-17,20-21,23,34H,9-15H2,1-4H3/t17-,20?,21-,23?/m1/s1. The van der Waals surface area contributed by atoms with E-state index < -0.39 is 6.10 Å². The number of amides is 1. The van der Waals surface area contributed by atoms with E-state index >= 15 is 0 Å². The van der Waals surface area contributed by atoms with Crippen molar-refractivity contribution in [2.75, 3.05) is 38.1 Å². The van der Waals surface area contributed by atoms with Gasteiger partial charge in [-0.05, 0) is 63.8 Å². The minimum atomic E-state index is -0.516. The Morgan fingerprint density at radius 1 is 1.14 bits per heavy atom. The first-order valence-corrected chi connectivity index (χ1v) is 13.1. The van der Waals surface area contributed by atoms with Crippen molar-refractivity contribution in [3.63, 3.8) is 0 Å². The number of hydrogen-bond acceptors (Lipinski definition) is 6. The molecule has 5 rings (SSSR count). The number of piperazine rings is 1. The Kier molecular flexibility index (Phi) is 6.53. The third-order valence-electron chi connectivity index (χ3n) is 8.55. The van der Waals surface area contributed by atoms with Crippen molar-refractivity contribution in [1.29, 1.82) is 0 Å². The van der Waals surface area contributed by atoms with E-state index in [-0.39, 0.29) is 29.3 Å². The molecule has 1 N–H and O–H groups in total. The Bertz CT molecular complexity index is 1080. The molecule has 188 valence electrons. The van der Waals surface area contributed by atoms with E-state index in [0.717, 1.165) is 48.6 Å². The summed E-state index contributed by atoms with van der Waals surface area (Å²) in [7, 11) is 2.15. The van der Waals surface area contributed by atoms with E-state index in [4.69, 9.17) is 11.6 Å². The molecule has 0 spiro atoms. The van der Waals surface area contributed by atoms with Crippen LogP contribution in [0, 0.1) is 0 Å². The maximum Gasteiger partial charge on any atom is 0.231 e. The fraction of sp³-hybridized carbons (Fsp3) is 0.593. The van der Waals surface area contributed by atoms with Gasteiger partial charge in [0, 0.05) is 48.3 Å². The maximum absolute atomic E-state index is 14.0. The van der Waals surface area contributed by atoms with E-state index in [1.165, 1.54) is 0 Å². The molecule has 4 atom stereocenters. The molecule has 0 saturated carbocycles. The summed E-state index contributed by atoms with van der Waals surface area (Å²) >= 11 is 6.17. The van der Waals surface area contributed by atoms with Crippen LogP contribution in [-0.4, -0.2) is 75.6 Å². The topological polar surface area (TPSA) is 72.8 Å². The molecule has 2 aliphatic heterocycles. The van der Waals surface area contributed by atoms with Crippen LogP contribution in [0.15, 0.2) is 30.6 Å². The number of likely N-dealkylation sites (N-methyl/N-ethyl adjacent to an activating group) is 1. The molecule has 1 aromatic carbocycles. The van der Waals surface area contributed by atoms with E-state index in [0.29, 0.717) is 24.5 Å². The van der Waals surface area contributed by atoms with Crippen LogP contribution in [-0.2, 0) is 4.79 Å². The molecule has 2 unspecified atom stereocenters. The van der Waals surface area contributed by atoms with Crippen molar-refractivity contribution in [3.05, 3.63) is 52.4 Å². The van der Waals surface area contributed by atoms with Crippen molar-refractivity contribution in [2.24, 2.45) is 0 Å². The van der Waals surface area contributed by atoms with Crippen LogP contribution in [0.2, 0.25) is 5.02 Å². The molecule has 0 radical (unpaired) electrons. The second-order valence-electron chi connectivity index (χ2n) is 11.0. The lowest BCUT2D eigenvalue weighted by Gasteiger charge is -2.41. The SMILES string of the molecule is C[C@@H]1C[C@@H](O)c2ncnc(N3CCN(C(=O)C(c4ccc(Cl)cc4)C4CCC(C)(C)N4C)CC3)c21. The average Bonchev–Trinajstić information content (AvgIpc) is 3.29. The zero-order valence-corrected chi connectivity index (χ0v) is 21.9. The van der Waals surface area contributed by atoms with Crippen LogP contribution in [0.25, 0.3) is 0 Å². The van der Waals surface area contributed by atoms with Gasteiger partial charge in [0.2, 0.25) is 5.91 Å².